The van der Waals surface area contributed by atoms with E-state index in [0.29, 0.717) is 0 Å². The van der Waals surface area contributed by atoms with E-state index in [1.807, 2.05) is 25.1 Å². The highest BCUT2D eigenvalue weighted by Gasteiger charge is 2.19. The number of hydrogen-bond acceptors (Lipinski definition) is 4. The molecule has 0 radical (unpaired) electrons. The number of pyridine rings is 1. The van der Waals surface area contributed by atoms with Crippen molar-refractivity contribution in [1.29, 1.82) is 0 Å². The van der Waals surface area contributed by atoms with E-state index in [4.69, 9.17) is 11.6 Å². The zero-order valence-corrected chi connectivity index (χ0v) is 14.9. The van der Waals surface area contributed by atoms with E-state index in [1.165, 1.54) is 17.9 Å². The summed E-state index contributed by atoms with van der Waals surface area (Å²) in [5.74, 6) is 0. The van der Waals surface area contributed by atoms with Gasteiger partial charge in [0.2, 0.25) is 0 Å². The van der Waals surface area contributed by atoms with Crippen LogP contribution in [-0.4, -0.2) is 26.4 Å². The van der Waals surface area contributed by atoms with Crippen LogP contribution in [0.15, 0.2) is 17.3 Å². The van der Waals surface area contributed by atoms with Gasteiger partial charge < -0.3 is 0 Å². The van der Waals surface area contributed by atoms with Gasteiger partial charge in [0.25, 0.3) is 0 Å². The predicted octanol–water partition coefficient (Wildman–Crippen LogP) is 4.95. The summed E-state index contributed by atoms with van der Waals surface area (Å²) in [6, 6.07) is 2.16. The SMILES string of the molecule is Cc1cnc2c(cc(SN3CCCC3)n2SI)c1Cl. The summed E-state index contributed by atoms with van der Waals surface area (Å²) in [5.41, 5.74) is 1.99. The number of nitrogens with zero attached hydrogens (tertiary/aromatic N) is 3. The second-order valence-electron chi connectivity index (χ2n) is 4.57. The lowest BCUT2D eigenvalue weighted by atomic mass is 10.2. The summed E-state index contributed by atoms with van der Waals surface area (Å²) in [4.78, 5) is 4.53. The molecule has 0 bridgehead atoms. The number of fused-ring (bicyclic) bond motifs is 1. The van der Waals surface area contributed by atoms with Gasteiger partial charge in [-0.2, -0.15) is 0 Å². The van der Waals surface area contributed by atoms with Crippen LogP contribution in [0.1, 0.15) is 18.4 Å². The van der Waals surface area contributed by atoms with Crippen molar-refractivity contribution >= 4 is 64.9 Å². The molecule has 1 aliphatic heterocycles. The molecule has 0 N–H and O–H groups in total. The van der Waals surface area contributed by atoms with E-state index in [0.717, 1.165) is 34.7 Å². The van der Waals surface area contributed by atoms with Crippen LogP contribution in [0.2, 0.25) is 5.02 Å². The third-order valence-corrected chi connectivity index (χ3v) is 6.64. The lowest BCUT2D eigenvalue weighted by Crippen LogP contribution is -2.09. The Bertz CT molecular complexity index is 611. The third kappa shape index (κ3) is 2.74. The number of aryl methyl sites for hydroxylation is 1. The smallest absolute Gasteiger partial charge is 0.153 e. The van der Waals surface area contributed by atoms with Crippen LogP contribution < -0.4 is 0 Å². The molecule has 0 spiro atoms. The summed E-state index contributed by atoms with van der Waals surface area (Å²) in [6.07, 6.45) is 4.43. The Morgan fingerprint density at radius 1 is 1.37 bits per heavy atom. The van der Waals surface area contributed by atoms with Crippen LogP contribution in [0, 0.1) is 6.92 Å². The van der Waals surface area contributed by atoms with Gasteiger partial charge in [0, 0.05) is 55.0 Å². The van der Waals surface area contributed by atoms with Gasteiger partial charge in [0.1, 0.15) is 5.03 Å². The fourth-order valence-electron chi connectivity index (χ4n) is 2.21. The van der Waals surface area contributed by atoms with Crippen LogP contribution >= 0.6 is 53.9 Å². The molecule has 3 nitrogen and oxygen atoms in total. The number of halogens is 2. The van der Waals surface area contributed by atoms with Gasteiger partial charge in [0.05, 0.1) is 5.02 Å². The Balaban J connectivity index is 2.05. The molecule has 0 aromatic carbocycles. The monoisotopic (exact) mass is 425 g/mol. The summed E-state index contributed by atoms with van der Waals surface area (Å²) in [7, 11) is 1.65. The number of hydrogen-bond donors (Lipinski definition) is 0. The molecule has 1 saturated heterocycles. The van der Waals surface area contributed by atoms with Gasteiger partial charge >= 0.3 is 0 Å². The maximum absolute atomic E-state index is 6.40. The minimum absolute atomic E-state index is 0.817. The van der Waals surface area contributed by atoms with Gasteiger partial charge in [-0.3, -0.25) is 3.97 Å². The molecule has 1 fully saturated rings. The maximum Gasteiger partial charge on any atom is 0.153 e. The van der Waals surface area contributed by atoms with Crippen LogP contribution in [0.25, 0.3) is 11.0 Å². The van der Waals surface area contributed by atoms with Crippen molar-refractivity contribution in [1.82, 2.24) is 13.3 Å². The molecule has 0 aliphatic carbocycles. The van der Waals surface area contributed by atoms with Crippen molar-refractivity contribution in [2.24, 2.45) is 0 Å². The first-order valence-corrected chi connectivity index (χ1v) is 10.6. The molecular weight excluding hydrogens is 413 g/mol. The Morgan fingerprint density at radius 2 is 2.11 bits per heavy atom. The average Bonchev–Trinajstić information content (AvgIpc) is 3.02. The van der Waals surface area contributed by atoms with Crippen molar-refractivity contribution in [2.75, 3.05) is 13.1 Å². The highest BCUT2D eigenvalue weighted by molar-refractivity contribution is 14.2. The second-order valence-corrected chi connectivity index (χ2v) is 7.75. The van der Waals surface area contributed by atoms with Crippen LogP contribution in [-0.2, 0) is 0 Å². The molecule has 3 rings (SSSR count). The first-order chi connectivity index (χ1) is 9.20. The molecule has 7 heteroatoms. The lowest BCUT2D eigenvalue weighted by Gasteiger charge is -2.13. The minimum Gasteiger partial charge on any atom is -0.251 e. The molecule has 102 valence electrons. The predicted molar refractivity (Wildman–Crippen MR) is 93.2 cm³/mol. The number of rotatable bonds is 3. The molecule has 0 saturated carbocycles. The second kappa shape index (κ2) is 6.01. The average molecular weight is 426 g/mol. The Labute approximate surface area is 138 Å². The first kappa shape index (κ1) is 14.3. The molecule has 19 heavy (non-hydrogen) atoms. The van der Waals surface area contributed by atoms with E-state index >= 15 is 0 Å². The van der Waals surface area contributed by atoms with E-state index in [2.05, 4.69) is 40.5 Å². The van der Waals surface area contributed by atoms with Crippen molar-refractivity contribution < 1.29 is 0 Å². The Kier molecular flexibility index (Phi) is 4.53. The molecule has 0 atom stereocenters. The topological polar surface area (TPSA) is 21.1 Å². The standard InChI is InChI=1S/C12H13ClIN3S2/c1-8-7-15-12-9(11(8)13)6-10(17(12)19-14)18-16-4-2-3-5-16/h6-7H,2-5H2,1H3. The fourth-order valence-corrected chi connectivity index (χ4v) is 5.58. The Hall–Kier alpha value is 0.370. The van der Waals surface area contributed by atoms with Crippen molar-refractivity contribution in [2.45, 2.75) is 24.8 Å². The molecule has 2 aromatic rings. The van der Waals surface area contributed by atoms with Gasteiger partial charge in [-0.05, 0) is 43.3 Å². The van der Waals surface area contributed by atoms with Gasteiger partial charge in [0.15, 0.2) is 5.65 Å². The maximum atomic E-state index is 6.40. The normalized spacial score (nSPS) is 16.6. The summed E-state index contributed by atoms with van der Waals surface area (Å²) in [6.45, 7) is 4.33. The van der Waals surface area contributed by atoms with E-state index in [9.17, 15) is 0 Å². The van der Waals surface area contributed by atoms with Crippen molar-refractivity contribution in [3.05, 3.63) is 22.8 Å². The molecule has 1 aliphatic rings. The van der Waals surface area contributed by atoms with Crippen LogP contribution in [0.5, 0.6) is 0 Å². The highest BCUT2D eigenvalue weighted by Crippen LogP contribution is 2.38. The molecule has 0 unspecified atom stereocenters. The summed E-state index contributed by atoms with van der Waals surface area (Å²) in [5, 5.41) is 3.07. The zero-order chi connectivity index (χ0) is 13.4. The fraction of sp³-hybridized carbons (Fsp3) is 0.417. The summed E-state index contributed by atoms with van der Waals surface area (Å²) >= 11 is 10.5. The van der Waals surface area contributed by atoms with E-state index in [1.54, 1.807) is 9.12 Å². The lowest BCUT2D eigenvalue weighted by molar-refractivity contribution is 0.585. The Morgan fingerprint density at radius 3 is 2.79 bits per heavy atom. The third-order valence-electron chi connectivity index (χ3n) is 3.22. The molecule has 0 amide bonds. The van der Waals surface area contributed by atoms with E-state index in [-0.39, 0.29) is 0 Å². The molecular formula is C12H13ClIN3S2. The van der Waals surface area contributed by atoms with Crippen LogP contribution in [0.4, 0.5) is 0 Å². The minimum atomic E-state index is 0.817. The zero-order valence-electron chi connectivity index (χ0n) is 10.4. The quantitative estimate of drug-likeness (QED) is 0.512. The molecule has 3 heterocycles. The first-order valence-electron chi connectivity index (χ1n) is 6.09. The molecule has 2 aromatic heterocycles. The van der Waals surface area contributed by atoms with Crippen molar-refractivity contribution in [3.63, 3.8) is 0 Å². The number of aromatic nitrogens is 2. The van der Waals surface area contributed by atoms with Crippen LogP contribution in [0.3, 0.4) is 0 Å². The van der Waals surface area contributed by atoms with Crippen molar-refractivity contribution in [3.8, 4) is 0 Å². The van der Waals surface area contributed by atoms with Gasteiger partial charge in [-0.25, -0.2) is 9.29 Å². The van der Waals surface area contributed by atoms with E-state index < -0.39 is 0 Å². The van der Waals surface area contributed by atoms with Gasteiger partial charge in [-0.1, -0.05) is 11.6 Å². The largest absolute Gasteiger partial charge is 0.251 e. The highest BCUT2D eigenvalue weighted by atomic mass is 127. The van der Waals surface area contributed by atoms with Gasteiger partial charge in [-0.15, -0.1) is 0 Å². The summed E-state index contributed by atoms with van der Waals surface area (Å²) < 4.78 is 4.57.